The predicted octanol–water partition coefficient (Wildman–Crippen LogP) is 6.12. The average molecular weight is 576 g/mol. The van der Waals surface area contributed by atoms with Crippen molar-refractivity contribution in [1.82, 2.24) is 9.88 Å². The molecule has 39 heavy (non-hydrogen) atoms. The van der Waals surface area contributed by atoms with Crippen molar-refractivity contribution < 1.29 is 46.2 Å². The van der Waals surface area contributed by atoms with Crippen LogP contribution in [0.15, 0.2) is 42.1 Å². The van der Waals surface area contributed by atoms with Crippen LogP contribution in [0, 0.1) is 11.7 Å². The summed E-state index contributed by atoms with van der Waals surface area (Å²) in [7, 11) is 0.783. The Hall–Kier alpha value is -3.87. The predicted molar refractivity (Wildman–Crippen MR) is 133 cm³/mol. The number of urea groups is 1. The summed E-state index contributed by atoms with van der Waals surface area (Å²) in [6.07, 6.45) is -1.94. The van der Waals surface area contributed by atoms with Crippen molar-refractivity contribution >= 4 is 36.3 Å². The maximum Gasteiger partial charge on any atom is 0.431 e. The molecule has 1 saturated carbocycles. The van der Waals surface area contributed by atoms with Crippen LogP contribution in [0.3, 0.4) is 0 Å². The first-order valence-electron chi connectivity index (χ1n) is 11.5. The van der Waals surface area contributed by atoms with Gasteiger partial charge in [-0.15, -0.1) is 0 Å². The molecule has 0 N–H and O–H groups in total. The standard InChI is InChI=1S/C20H18ClF4N3O4.C5H8O2/c1-4-16(20(23,24)25)27(3)19(30)28(11-29)17-13(22)10-12(21)18(26-17)32-15-9-7-6-8-14(15)31-5-2;6-4-7-3-5-1-2-5/h4,6-11H,5H2,1-3H3;4-5H,1-3H2/b16-4-;. The number of allylic oxidation sites excluding steroid dienone is 2. The minimum atomic E-state index is -4.89. The summed E-state index contributed by atoms with van der Waals surface area (Å²) in [6, 6.07) is 5.59. The summed E-state index contributed by atoms with van der Waals surface area (Å²) in [5, 5.41) is -0.311. The highest BCUT2D eigenvalue weighted by atomic mass is 35.5. The van der Waals surface area contributed by atoms with Gasteiger partial charge < -0.3 is 14.2 Å². The van der Waals surface area contributed by atoms with Gasteiger partial charge in [-0.1, -0.05) is 29.8 Å². The highest BCUT2D eigenvalue weighted by molar-refractivity contribution is 6.32. The second-order valence-corrected chi connectivity index (χ2v) is 8.33. The Bertz CT molecular complexity index is 1190. The Morgan fingerprint density at radius 1 is 1.21 bits per heavy atom. The largest absolute Gasteiger partial charge is 0.490 e. The van der Waals surface area contributed by atoms with E-state index < -0.39 is 35.4 Å². The highest BCUT2D eigenvalue weighted by Crippen LogP contribution is 2.36. The zero-order valence-electron chi connectivity index (χ0n) is 21.2. The number of carbonyl (C=O) groups excluding carboxylic acids is 3. The van der Waals surface area contributed by atoms with Crippen LogP contribution in [-0.4, -0.2) is 55.2 Å². The number of ether oxygens (including phenoxy) is 3. The van der Waals surface area contributed by atoms with Crippen LogP contribution in [0.1, 0.15) is 26.7 Å². The molecule has 14 heteroatoms. The number of benzene rings is 1. The first-order valence-corrected chi connectivity index (χ1v) is 11.9. The second kappa shape index (κ2) is 14.3. The molecular formula is C25H26ClF4N3O6. The smallest absolute Gasteiger partial charge is 0.431 e. The zero-order valence-corrected chi connectivity index (χ0v) is 22.0. The highest BCUT2D eigenvalue weighted by Gasteiger charge is 2.40. The third-order valence-corrected chi connectivity index (χ3v) is 5.35. The molecule has 1 aliphatic rings. The number of aromatic nitrogens is 1. The van der Waals surface area contributed by atoms with Gasteiger partial charge in [-0.05, 0) is 44.7 Å². The van der Waals surface area contributed by atoms with E-state index in [4.69, 9.17) is 21.1 Å². The number of hydrogen-bond acceptors (Lipinski definition) is 7. The number of carbonyl (C=O) groups is 3. The SMILES string of the molecule is C/C=C(\N(C)C(=O)N(C=O)c1nc(Oc2ccccc2OCC)c(Cl)cc1F)C(F)(F)F.O=COCC1CC1. The minimum absolute atomic E-state index is 0.0716. The molecule has 1 aromatic heterocycles. The Morgan fingerprint density at radius 2 is 1.85 bits per heavy atom. The first kappa shape index (κ1) is 31.3. The molecule has 0 unspecified atom stereocenters. The number of para-hydroxylation sites is 2. The third kappa shape index (κ3) is 8.84. The van der Waals surface area contributed by atoms with E-state index in [0.717, 1.165) is 14.0 Å². The van der Waals surface area contributed by atoms with Gasteiger partial charge in [0.05, 0.1) is 13.2 Å². The molecule has 3 rings (SSSR count). The van der Waals surface area contributed by atoms with Crippen LogP contribution in [0.25, 0.3) is 0 Å². The summed E-state index contributed by atoms with van der Waals surface area (Å²) in [5.41, 5.74) is -1.36. The molecule has 0 saturated heterocycles. The summed E-state index contributed by atoms with van der Waals surface area (Å²) < 4.78 is 69.3. The van der Waals surface area contributed by atoms with Crippen LogP contribution < -0.4 is 14.4 Å². The number of alkyl halides is 3. The number of anilines is 1. The van der Waals surface area contributed by atoms with Crippen molar-refractivity contribution in [3.63, 3.8) is 0 Å². The summed E-state index contributed by atoms with van der Waals surface area (Å²) >= 11 is 5.98. The van der Waals surface area contributed by atoms with Crippen LogP contribution in [0.2, 0.25) is 5.02 Å². The van der Waals surface area contributed by atoms with Crippen LogP contribution in [0.5, 0.6) is 17.4 Å². The zero-order chi connectivity index (χ0) is 29.2. The molecule has 1 aliphatic carbocycles. The summed E-state index contributed by atoms with van der Waals surface area (Å²) in [5.74, 6) is -1.38. The van der Waals surface area contributed by atoms with Gasteiger partial charge in [-0.3, -0.25) is 14.5 Å². The topological polar surface area (TPSA) is 98.3 Å². The lowest BCUT2D eigenvalue weighted by molar-refractivity contribution is -0.129. The number of amides is 3. The van der Waals surface area contributed by atoms with E-state index in [-0.39, 0.29) is 27.0 Å². The maximum atomic E-state index is 14.5. The third-order valence-electron chi connectivity index (χ3n) is 5.08. The molecule has 0 aliphatic heterocycles. The van der Waals surface area contributed by atoms with Gasteiger partial charge in [0.1, 0.15) is 10.7 Å². The Kier molecular flexibility index (Phi) is 11.5. The van der Waals surface area contributed by atoms with Gasteiger partial charge >= 0.3 is 12.2 Å². The number of imide groups is 1. The summed E-state index contributed by atoms with van der Waals surface area (Å²) in [6.45, 7) is 4.26. The lowest BCUT2D eigenvalue weighted by Gasteiger charge is -2.26. The molecular weight excluding hydrogens is 550 g/mol. The molecule has 212 valence electrons. The van der Waals surface area contributed by atoms with Gasteiger partial charge in [0, 0.05) is 13.1 Å². The molecule has 0 bridgehead atoms. The normalized spacial score (nSPS) is 13.0. The van der Waals surface area contributed by atoms with Gasteiger partial charge in [-0.25, -0.2) is 14.1 Å². The number of halogens is 5. The van der Waals surface area contributed by atoms with E-state index in [1.165, 1.54) is 18.9 Å². The van der Waals surface area contributed by atoms with Crippen molar-refractivity contribution in [3.8, 4) is 17.4 Å². The molecule has 9 nitrogen and oxygen atoms in total. The van der Waals surface area contributed by atoms with Crippen LogP contribution in [-0.2, 0) is 14.3 Å². The Balaban J connectivity index is 0.000000658. The molecule has 3 amide bonds. The van der Waals surface area contributed by atoms with Crippen molar-refractivity contribution in [2.24, 2.45) is 5.92 Å². The minimum Gasteiger partial charge on any atom is -0.490 e. The fraction of sp³-hybridized carbons (Fsp3) is 0.360. The van der Waals surface area contributed by atoms with Gasteiger partial charge in [0.2, 0.25) is 12.3 Å². The molecule has 1 heterocycles. The van der Waals surface area contributed by atoms with Crippen molar-refractivity contribution in [2.75, 3.05) is 25.2 Å². The molecule has 0 atom stereocenters. The summed E-state index contributed by atoms with van der Waals surface area (Å²) in [4.78, 5) is 37.6. The molecule has 2 aromatic rings. The lowest BCUT2D eigenvalue weighted by atomic mass is 10.3. The number of nitrogens with zero attached hydrogens (tertiary/aromatic N) is 3. The van der Waals surface area contributed by atoms with Crippen molar-refractivity contribution in [1.29, 1.82) is 0 Å². The van der Waals surface area contributed by atoms with Crippen LogP contribution >= 0.6 is 11.6 Å². The fourth-order valence-electron chi connectivity index (χ4n) is 3.05. The van der Waals surface area contributed by atoms with Gasteiger partial charge in [0.15, 0.2) is 23.1 Å². The maximum absolute atomic E-state index is 14.5. The first-order chi connectivity index (χ1) is 18.5. The van der Waals surface area contributed by atoms with E-state index in [0.29, 0.717) is 43.5 Å². The molecule has 0 radical (unpaired) electrons. The molecule has 1 fully saturated rings. The average Bonchev–Trinajstić information content (AvgIpc) is 3.71. The number of rotatable bonds is 10. The number of hydrogen-bond donors (Lipinski definition) is 0. The molecule has 0 spiro atoms. The second-order valence-electron chi connectivity index (χ2n) is 7.92. The van der Waals surface area contributed by atoms with Crippen molar-refractivity contribution in [3.05, 3.63) is 52.9 Å². The van der Waals surface area contributed by atoms with Crippen molar-refractivity contribution in [2.45, 2.75) is 32.9 Å². The van der Waals surface area contributed by atoms with E-state index in [2.05, 4.69) is 9.72 Å². The number of pyridine rings is 1. The quantitative estimate of drug-likeness (QED) is 0.249. The lowest BCUT2D eigenvalue weighted by Crippen LogP contribution is -2.43. The van der Waals surface area contributed by atoms with E-state index in [1.54, 1.807) is 25.1 Å². The fourth-order valence-corrected chi connectivity index (χ4v) is 3.23. The molecule has 1 aromatic carbocycles. The Morgan fingerprint density at radius 3 is 2.36 bits per heavy atom. The van der Waals surface area contributed by atoms with E-state index in [9.17, 15) is 31.9 Å². The van der Waals surface area contributed by atoms with Gasteiger partial charge in [-0.2, -0.15) is 18.2 Å². The Labute approximate surface area is 226 Å². The van der Waals surface area contributed by atoms with Gasteiger partial charge in [0.25, 0.3) is 6.47 Å². The van der Waals surface area contributed by atoms with Crippen LogP contribution in [0.4, 0.5) is 28.2 Å². The monoisotopic (exact) mass is 575 g/mol. The van der Waals surface area contributed by atoms with E-state index in [1.807, 2.05) is 0 Å². The van der Waals surface area contributed by atoms with E-state index >= 15 is 0 Å².